The Morgan fingerprint density at radius 1 is 1.19 bits per heavy atom. The van der Waals surface area contributed by atoms with Crippen LogP contribution in [0.5, 0.6) is 0 Å². The zero-order valence-electron chi connectivity index (χ0n) is 17.4. The third-order valence-corrected chi connectivity index (χ3v) is 6.80. The summed E-state index contributed by atoms with van der Waals surface area (Å²) in [5.74, 6) is -5.57. The molecule has 2 unspecified atom stereocenters. The van der Waals surface area contributed by atoms with Crippen molar-refractivity contribution in [2.45, 2.75) is 37.1 Å². The zero-order chi connectivity index (χ0) is 22.5. The predicted octanol–water partition coefficient (Wildman–Crippen LogP) is 3.74. The van der Waals surface area contributed by atoms with Gasteiger partial charge in [-0.3, -0.25) is 9.78 Å². The molecule has 2 aromatic rings. The largest absolute Gasteiger partial charge is 0.368 e. The van der Waals surface area contributed by atoms with E-state index in [2.05, 4.69) is 15.6 Å². The average molecular weight is 448 g/mol. The number of nitrogens with zero attached hydrogens (tertiary/aromatic N) is 2. The molecule has 3 fully saturated rings. The highest BCUT2D eigenvalue weighted by molar-refractivity contribution is 6.03. The van der Waals surface area contributed by atoms with Crippen LogP contribution in [0.15, 0.2) is 30.6 Å². The number of anilines is 1. The first-order chi connectivity index (χ1) is 15.3. The molecular weight excluding hydrogens is 424 g/mol. The Morgan fingerprint density at radius 3 is 2.59 bits per heavy atom. The third-order valence-electron chi connectivity index (χ3n) is 6.80. The molecule has 0 bridgehead atoms. The standard InChI is InChI=1S/C23H24F4N4O/c24-16-6-14(7-17(25)8-16)18-11-28-12-19(21(32)29-10-15-9-23(15,26)27)20(18)31-5-3-22(13-31)2-1-4-30-22/h6-8,11-12,15,30H,1-5,9-10,13H2,(H,29,32). The molecule has 1 aromatic carbocycles. The third kappa shape index (κ3) is 3.94. The highest BCUT2D eigenvalue weighted by Crippen LogP contribution is 2.48. The Morgan fingerprint density at radius 2 is 1.94 bits per heavy atom. The first-order valence-electron chi connectivity index (χ1n) is 10.9. The molecule has 3 heterocycles. The molecule has 5 nitrogen and oxygen atoms in total. The summed E-state index contributed by atoms with van der Waals surface area (Å²) in [6.07, 6.45) is 5.60. The van der Waals surface area contributed by atoms with Gasteiger partial charge in [-0.1, -0.05) is 0 Å². The van der Waals surface area contributed by atoms with Crippen LogP contribution in [0.25, 0.3) is 11.1 Å². The van der Waals surface area contributed by atoms with E-state index in [0.29, 0.717) is 24.3 Å². The lowest BCUT2D eigenvalue weighted by molar-refractivity contribution is 0.0895. The number of nitrogens with one attached hydrogen (secondary N) is 2. The highest BCUT2D eigenvalue weighted by Gasteiger charge is 2.56. The second-order valence-corrected chi connectivity index (χ2v) is 9.10. The number of amides is 1. The van der Waals surface area contributed by atoms with Gasteiger partial charge in [-0.25, -0.2) is 17.6 Å². The average Bonchev–Trinajstić information content (AvgIpc) is 3.11. The monoisotopic (exact) mass is 448 g/mol. The fraction of sp³-hybridized carbons (Fsp3) is 0.478. The normalized spacial score (nSPS) is 26.0. The molecule has 170 valence electrons. The van der Waals surface area contributed by atoms with Gasteiger partial charge in [0.1, 0.15) is 11.6 Å². The molecule has 1 spiro atoms. The first-order valence-corrected chi connectivity index (χ1v) is 10.9. The molecule has 2 saturated heterocycles. The van der Waals surface area contributed by atoms with Crippen molar-refractivity contribution in [3.8, 4) is 11.1 Å². The number of hydrogen-bond acceptors (Lipinski definition) is 4. The van der Waals surface area contributed by atoms with Gasteiger partial charge in [0.05, 0.1) is 11.3 Å². The van der Waals surface area contributed by atoms with Gasteiger partial charge in [0.15, 0.2) is 0 Å². The van der Waals surface area contributed by atoms with Crippen LogP contribution in [-0.4, -0.2) is 48.5 Å². The Hall–Kier alpha value is -2.68. The number of carbonyl (C=O) groups excluding carboxylic acids is 1. The summed E-state index contributed by atoms with van der Waals surface area (Å²) >= 11 is 0. The van der Waals surface area contributed by atoms with Crippen LogP contribution >= 0.6 is 0 Å². The summed E-state index contributed by atoms with van der Waals surface area (Å²) < 4.78 is 54.5. The predicted molar refractivity (Wildman–Crippen MR) is 112 cm³/mol. The Balaban J connectivity index is 1.52. The quantitative estimate of drug-likeness (QED) is 0.685. The molecule has 1 aromatic heterocycles. The topological polar surface area (TPSA) is 57.3 Å². The SMILES string of the molecule is O=C(NCC1CC1(F)F)c1cncc(-c2cc(F)cc(F)c2)c1N1CCC2(CCCN2)C1. The van der Waals surface area contributed by atoms with E-state index < -0.39 is 29.4 Å². The minimum Gasteiger partial charge on any atom is -0.368 e. The van der Waals surface area contributed by atoms with Crippen LogP contribution < -0.4 is 15.5 Å². The summed E-state index contributed by atoms with van der Waals surface area (Å²) in [4.78, 5) is 19.2. The Kier molecular flexibility index (Phi) is 5.11. The maximum atomic E-state index is 14.0. The van der Waals surface area contributed by atoms with E-state index in [0.717, 1.165) is 31.9 Å². The number of carbonyl (C=O) groups is 1. The summed E-state index contributed by atoms with van der Waals surface area (Å²) in [5.41, 5.74) is 1.38. The van der Waals surface area contributed by atoms with Crippen LogP contribution in [0.3, 0.4) is 0 Å². The zero-order valence-corrected chi connectivity index (χ0v) is 17.4. The lowest BCUT2D eigenvalue weighted by Crippen LogP contribution is -2.42. The van der Waals surface area contributed by atoms with E-state index in [1.165, 1.54) is 24.5 Å². The molecule has 2 N–H and O–H groups in total. The smallest absolute Gasteiger partial charge is 0.254 e. The van der Waals surface area contributed by atoms with Crippen LogP contribution in [-0.2, 0) is 0 Å². The molecular formula is C23H24F4N4O. The molecule has 2 aliphatic heterocycles. The molecule has 1 saturated carbocycles. The van der Waals surface area contributed by atoms with Crippen molar-refractivity contribution in [3.05, 3.63) is 47.8 Å². The van der Waals surface area contributed by atoms with Crippen molar-refractivity contribution in [1.82, 2.24) is 15.6 Å². The van der Waals surface area contributed by atoms with Crippen molar-refractivity contribution < 1.29 is 22.4 Å². The van der Waals surface area contributed by atoms with Crippen LogP contribution in [0.2, 0.25) is 0 Å². The lowest BCUT2D eigenvalue weighted by atomic mass is 9.96. The fourth-order valence-corrected chi connectivity index (χ4v) is 4.96. The van der Waals surface area contributed by atoms with E-state index in [9.17, 15) is 22.4 Å². The van der Waals surface area contributed by atoms with Gasteiger partial charge in [0.2, 0.25) is 0 Å². The van der Waals surface area contributed by atoms with Gasteiger partial charge in [-0.15, -0.1) is 0 Å². The second kappa shape index (κ2) is 7.72. The number of benzene rings is 1. The maximum absolute atomic E-state index is 14.0. The van der Waals surface area contributed by atoms with Crippen molar-refractivity contribution >= 4 is 11.6 Å². The van der Waals surface area contributed by atoms with E-state index in [1.54, 1.807) is 0 Å². The molecule has 5 rings (SSSR count). The Labute approximate surface area is 183 Å². The van der Waals surface area contributed by atoms with Gasteiger partial charge in [-0.05, 0) is 43.5 Å². The summed E-state index contributed by atoms with van der Waals surface area (Å²) in [7, 11) is 0. The molecule has 3 aliphatic rings. The van der Waals surface area contributed by atoms with Gasteiger partial charge in [0.25, 0.3) is 11.8 Å². The van der Waals surface area contributed by atoms with Gasteiger partial charge >= 0.3 is 0 Å². The number of pyridine rings is 1. The van der Waals surface area contributed by atoms with E-state index in [1.807, 2.05) is 4.90 Å². The highest BCUT2D eigenvalue weighted by atomic mass is 19.3. The number of aromatic nitrogens is 1. The first kappa shape index (κ1) is 21.2. The van der Waals surface area contributed by atoms with Crippen molar-refractivity contribution in [1.29, 1.82) is 0 Å². The van der Waals surface area contributed by atoms with Crippen LogP contribution in [0, 0.1) is 17.6 Å². The van der Waals surface area contributed by atoms with Crippen molar-refractivity contribution in [2.75, 3.05) is 31.1 Å². The summed E-state index contributed by atoms with van der Waals surface area (Å²) in [5, 5.41) is 6.15. The molecule has 1 amide bonds. The number of alkyl halides is 2. The van der Waals surface area contributed by atoms with Crippen molar-refractivity contribution in [2.24, 2.45) is 5.92 Å². The number of rotatable bonds is 5. The van der Waals surface area contributed by atoms with Gasteiger partial charge in [0, 0.05) is 61.5 Å². The number of halogens is 4. The molecule has 32 heavy (non-hydrogen) atoms. The number of hydrogen-bond donors (Lipinski definition) is 2. The van der Waals surface area contributed by atoms with E-state index >= 15 is 0 Å². The van der Waals surface area contributed by atoms with Gasteiger partial charge in [-0.2, -0.15) is 0 Å². The van der Waals surface area contributed by atoms with Crippen LogP contribution in [0.4, 0.5) is 23.2 Å². The molecule has 1 aliphatic carbocycles. The maximum Gasteiger partial charge on any atom is 0.254 e. The fourth-order valence-electron chi connectivity index (χ4n) is 4.96. The van der Waals surface area contributed by atoms with Crippen molar-refractivity contribution in [3.63, 3.8) is 0 Å². The Bertz CT molecular complexity index is 1030. The minimum atomic E-state index is -2.73. The van der Waals surface area contributed by atoms with Gasteiger partial charge < -0.3 is 15.5 Å². The molecule has 0 radical (unpaired) electrons. The lowest BCUT2D eigenvalue weighted by Gasteiger charge is -2.28. The summed E-state index contributed by atoms with van der Waals surface area (Å²) in [6.45, 7) is 2.09. The second-order valence-electron chi connectivity index (χ2n) is 9.10. The summed E-state index contributed by atoms with van der Waals surface area (Å²) in [6, 6.07) is 3.20. The minimum absolute atomic E-state index is 0.0580. The van der Waals surface area contributed by atoms with Crippen LogP contribution in [0.1, 0.15) is 36.0 Å². The molecule has 2 atom stereocenters. The van der Waals surface area contributed by atoms with E-state index in [-0.39, 0.29) is 29.6 Å². The molecule has 9 heteroatoms. The van der Waals surface area contributed by atoms with E-state index in [4.69, 9.17) is 0 Å².